The van der Waals surface area contributed by atoms with Gasteiger partial charge in [-0.25, -0.2) is 18.4 Å². The van der Waals surface area contributed by atoms with Gasteiger partial charge in [-0.15, -0.1) is 20.4 Å². The quantitative estimate of drug-likeness (QED) is 0.0604. The lowest BCUT2D eigenvalue weighted by molar-refractivity contribution is -0.159. The maximum absolute atomic E-state index is 14.0. The number of benzene rings is 4. The van der Waals surface area contributed by atoms with Gasteiger partial charge in [0.2, 0.25) is 35.4 Å². The zero-order chi connectivity index (χ0) is 54.2. The molecule has 20 nitrogen and oxygen atoms in total. The van der Waals surface area contributed by atoms with E-state index < -0.39 is 23.0 Å². The third kappa shape index (κ3) is 17.9. The number of aromatic nitrogens is 4. The van der Waals surface area contributed by atoms with E-state index in [0.29, 0.717) is 113 Å². The molecule has 2 amide bonds. The van der Waals surface area contributed by atoms with Crippen LogP contribution in [0.2, 0.25) is 0 Å². The lowest BCUT2D eigenvalue weighted by Gasteiger charge is -2.40. The molecule has 2 aliphatic heterocycles. The molecule has 8 rings (SSSR count). The summed E-state index contributed by atoms with van der Waals surface area (Å²) in [7, 11) is 3.11. The van der Waals surface area contributed by atoms with Gasteiger partial charge in [0.1, 0.15) is 49.1 Å². The van der Waals surface area contributed by atoms with Crippen LogP contribution in [0.15, 0.2) is 118 Å². The molecular formula is C54H64F2N8O12. The number of amides is 2. The van der Waals surface area contributed by atoms with Crippen LogP contribution >= 0.6 is 0 Å². The van der Waals surface area contributed by atoms with Crippen LogP contribution in [0.4, 0.5) is 8.78 Å². The number of carboxylic acid groups (broad SMARTS) is 2. The predicted octanol–water partition coefficient (Wildman–Crippen LogP) is 5.60. The number of carboxylic acids is 2. The highest BCUT2D eigenvalue weighted by atomic mass is 19.1. The first-order valence-electron chi connectivity index (χ1n) is 24.7. The normalized spacial score (nSPS) is 15.1. The molecule has 4 heterocycles. The summed E-state index contributed by atoms with van der Waals surface area (Å²) in [5.41, 5.74) is 1.82. The van der Waals surface area contributed by atoms with Crippen LogP contribution in [0.5, 0.6) is 0 Å². The number of nitrogens with zero attached hydrogens (tertiary/aromatic N) is 6. The highest BCUT2D eigenvalue weighted by Crippen LogP contribution is 2.34. The zero-order valence-corrected chi connectivity index (χ0v) is 42.5. The fourth-order valence-electron chi connectivity index (χ4n) is 8.60. The van der Waals surface area contributed by atoms with Crippen LogP contribution in [0, 0.1) is 11.6 Å². The van der Waals surface area contributed by atoms with Gasteiger partial charge in [0, 0.05) is 53.5 Å². The number of rotatable bonds is 22. The minimum absolute atomic E-state index is 0.0767. The summed E-state index contributed by atoms with van der Waals surface area (Å²) in [5, 5.41) is 37.6. The van der Waals surface area contributed by atoms with Crippen molar-refractivity contribution in [2.45, 2.75) is 76.0 Å². The lowest BCUT2D eigenvalue weighted by atomic mass is 9.87. The number of hydrogen-bond acceptors (Lipinski definition) is 16. The van der Waals surface area contributed by atoms with E-state index >= 15 is 0 Å². The summed E-state index contributed by atoms with van der Waals surface area (Å²) < 4.78 is 61.1. The van der Waals surface area contributed by atoms with Gasteiger partial charge in [-0.1, -0.05) is 97.1 Å². The highest BCUT2D eigenvalue weighted by molar-refractivity contribution is 6.27. The molecule has 2 aliphatic rings. The Balaban J connectivity index is 0.000000223. The molecule has 22 heteroatoms. The van der Waals surface area contributed by atoms with Gasteiger partial charge < -0.3 is 58.4 Å². The first-order valence-corrected chi connectivity index (χ1v) is 24.7. The average molecular weight is 1060 g/mol. The summed E-state index contributed by atoms with van der Waals surface area (Å²) in [6.45, 7) is 5.19. The molecule has 76 heavy (non-hydrogen) atoms. The topological polar surface area (TPSA) is 254 Å². The standard InChI is InChI=1S/2C26H31FN4O4.C2H2O4/c2*1-33-19-24-29-30-25(35-24)26(28-23(32)18-34-17-20-7-3-2-4-8-20)12-15-31(16-13-26)14-11-21-9-5-6-10-22(21)27;3-1(4)2(5)6/h2*2-10H,11-19H2,1H3,(H,28,32);(H,3,4)(H,5,6). The molecule has 0 aliphatic carbocycles. The minimum Gasteiger partial charge on any atom is -0.473 e. The van der Waals surface area contributed by atoms with Gasteiger partial charge in [0.25, 0.3) is 0 Å². The molecular weight excluding hydrogens is 991 g/mol. The Kier molecular flexibility index (Phi) is 22.6. The van der Waals surface area contributed by atoms with E-state index in [1.807, 2.05) is 84.9 Å². The summed E-state index contributed by atoms with van der Waals surface area (Å²) >= 11 is 0. The van der Waals surface area contributed by atoms with Crippen LogP contribution in [0.25, 0.3) is 0 Å². The molecule has 406 valence electrons. The Labute approximate surface area is 438 Å². The molecule has 4 aromatic carbocycles. The zero-order valence-electron chi connectivity index (χ0n) is 42.5. The number of piperidine rings is 2. The second-order valence-electron chi connectivity index (χ2n) is 18.1. The average Bonchev–Trinajstić information content (AvgIpc) is 4.12. The van der Waals surface area contributed by atoms with Gasteiger partial charge in [0.05, 0.1) is 13.2 Å². The second kappa shape index (κ2) is 29.7. The van der Waals surface area contributed by atoms with E-state index in [2.05, 4.69) is 40.8 Å². The number of carbonyl (C=O) groups excluding carboxylic acids is 2. The van der Waals surface area contributed by atoms with Crippen molar-refractivity contribution < 1.29 is 66.0 Å². The highest BCUT2D eigenvalue weighted by Gasteiger charge is 2.44. The van der Waals surface area contributed by atoms with E-state index in [9.17, 15) is 18.4 Å². The van der Waals surface area contributed by atoms with Crippen LogP contribution in [0.1, 0.15) is 71.5 Å². The van der Waals surface area contributed by atoms with Crippen molar-refractivity contribution in [1.29, 1.82) is 0 Å². The number of carbonyl (C=O) groups is 4. The monoisotopic (exact) mass is 1050 g/mol. The largest absolute Gasteiger partial charge is 0.473 e. The smallest absolute Gasteiger partial charge is 0.414 e. The number of nitrogens with one attached hydrogen (secondary N) is 2. The van der Waals surface area contributed by atoms with E-state index in [1.54, 1.807) is 26.4 Å². The van der Waals surface area contributed by atoms with Crippen molar-refractivity contribution in [2.24, 2.45) is 0 Å². The van der Waals surface area contributed by atoms with Gasteiger partial charge in [-0.2, -0.15) is 0 Å². The van der Waals surface area contributed by atoms with Crippen molar-refractivity contribution in [3.8, 4) is 0 Å². The molecule has 0 spiro atoms. The van der Waals surface area contributed by atoms with Crippen molar-refractivity contribution in [1.82, 2.24) is 40.8 Å². The van der Waals surface area contributed by atoms with E-state index in [0.717, 1.165) is 24.2 Å². The van der Waals surface area contributed by atoms with Crippen molar-refractivity contribution in [3.05, 3.63) is 167 Å². The van der Waals surface area contributed by atoms with Crippen molar-refractivity contribution >= 4 is 23.8 Å². The molecule has 2 saturated heterocycles. The number of likely N-dealkylation sites (tertiary alicyclic amines) is 2. The fraction of sp³-hybridized carbons (Fsp3) is 0.407. The van der Waals surface area contributed by atoms with Crippen LogP contribution < -0.4 is 10.6 Å². The van der Waals surface area contributed by atoms with Crippen LogP contribution in [-0.4, -0.2) is 131 Å². The molecule has 0 atom stereocenters. The summed E-state index contributed by atoms with van der Waals surface area (Å²) in [6, 6.07) is 33.1. The Bertz CT molecular complexity index is 2550. The fourth-order valence-corrected chi connectivity index (χ4v) is 8.60. The molecule has 4 N–H and O–H groups in total. The number of methoxy groups -OCH3 is 2. The van der Waals surface area contributed by atoms with E-state index in [4.69, 9.17) is 47.6 Å². The summed E-state index contributed by atoms with van der Waals surface area (Å²) in [6.07, 6.45) is 3.59. The molecule has 2 aromatic heterocycles. The van der Waals surface area contributed by atoms with E-state index in [1.165, 1.54) is 12.1 Å². The molecule has 6 aromatic rings. The van der Waals surface area contributed by atoms with Crippen molar-refractivity contribution in [3.63, 3.8) is 0 Å². The number of aliphatic carboxylic acids is 2. The molecule has 0 radical (unpaired) electrons. The van der Waals surface area contributed by atoms with Gasteiger partial charge >= 0.3 is 11.9 Å². The second-order valence-corrected chi connectivity index (χ2v) is 18.1. The molecule has 0 bridgehead atoms. The summed E-state index contributed by atoms with van der Waals surface area (Å²) in [5.74, 6) is -3.04. The van der Waals surface area contributed by atoms with Crippen LogP contribution in [-0.2, 0) is 88.5 Å². The van der Waals surface area contributed by atoms with Crippen LogP contribution in [0.3, 0.4) is 0 Å². The number of ether oxygens (including phenoxy) is 4. The SMILES string of the molecule is COCc1nnc(C2(NC(=O)COCc3ccccc3)CCN(CCc3ccccc3F)CC2)o1.COCc1nnc(C2(NC(=O)COCc3ccccc3)CCN(CCc3ccccc3F)CC2)o1.O=C(O)C(=O)O. The maximum atomic E-state index is 14.0. The Morgan fingerprint density at radius 1 is 0.539 bits per heavy atom. The minimum atomic E-state index is -1.82. The first kappa shape index (κ1) is 57.9. The Morgan fingerprint density at radius 3 is 1.24 bits per heavy atom. The maximum Gasteiger partial charge on any atom is 0.414 e. The van der Waals surface area contributed by atoms with Gasteiger partial charge in [0.15, 0.2) is 0 Å². The van der Waals surface area contributed by atoms with Crippen molar-refractivity contribution in [2.75, 3.05) is 66.7 Å². The third-order valence-electron chi connectivity index (χ3n) is 12.6. The first-order chi connectivity index (χ1) is 36.8. The molecule has 0 unspecified atom stereocenters. The Hall–Kier alpha value is -7.34. The van der Waals surface area contributed by atoms with Gasteiger partial charge in [-0.05, 0) is 72.9 Å². The molecule has 2 fully saturated rings. The Morgan fingerprint density at radius 2 is 0.895 bits per heavy atom. The number of halogens is 2. The van der Waals surface area contributed by atoms with Gasteiger partial charge in [-0.3, -0.25) is 9.59 Å². The third-order valence-corrected chi connectivity index (χ3v) is 12.6. The number of hydrogen-bond donors (Lipinski definition) is 4. The molecule has 0 saturated carbocycles. The lowest BCUT2D eigenvalue weighted by Crippen LogP contribution is -2.54. The predicted molar refractivity (Wildman–Crippen MR) is 269 cm³/mol. The van der Waals surface area contributed by atoms with E-state index in [-0.39, 0.29) is 49.9 Å². The summed E-state index contributed by atoms with van der Waals surface area (Å²) in [4.78, 5) is 48.4.